The zero-order valence-electron chi connectivity index (χ0n) is 8.03. The van der Waals surface area contributed by atoms with E-state index in [9.17, 15) is 17.4 Å². The minimum atomic E-state index is -3.36. The molecule has 3 N–H and O–H groups in total. The van der Waals surface area contributed by atoms with Gasteiger partial charge in [-0.2, -0.15) is 4.21 Å². The summed E-state index contributed by atoms with van der Waals surface area (Å²) in [7, 11) is -3.36. The molecule has 0 aromatic carbocycles. The minimum absolute atomic E-state index is 0.303. The van der Waals surface area contributed by atoms with Crippen LogP contribution >= 0.6 is 0 Å². The van der Waals surface area contributed by atoms with Crippen LogP contribution < -0.4 is 5.32 Å². The predicted molar refractivity (Wildman–Crippen MR) is 53.7 cm³/mol. The van der Waals surface area contributed by atoms with E-state index in [4.69, 9.17) is 9.66 Å². The molecule has 0 radical (unpaired) electrons. The standard InChI is InChI=1S/C6H11NO7S2/c8-6(9)1-7-4-2-16(12,13)3-5(4)14-15(10)11/h4-5,7H,1-3H2,(H,8,9)(H,10,11)/t4-,5+/m0/s1. The van der Waals surface area contributed by atoms with Crippen LogP contribution in [-0.2, 0) is 30.2 Å². The Labute approximate surface area is 94.4 Å². The lowest BCUT2D eigenvalue weighted by molar-refractivity contribution is -0.136. The molecular weight excluding hydrogens is 262 g/mol. The van der Waals surface area contributed by atoms with Crippen LogP contribution in [0.1, 0.15) is 0 Å². The molecule has 10 heteroatoms. The Balaban J connectivity index is 2.64. The van der Waals surface area contributed by atoms with Gasteiger partial charge in [-0.15, -0.1) is 0 Å². The lowest BCUT2D eigenvalue weighted by Gasteiger charge is -2.16. The van der Waals surface area contributed by atoms with Crippen LogP contribution in [0.15, 0.2) is 0 Å². The fourth-order valence-corrected chi connectivity index (χ4v) is 3.74. The van der Waals surface area contributed by atoms with Crippen molar-refractivity contribution in [1.82, 2.24) is 5.32 Å². The number of nitrogens with one attached hydrogen (secondary N) is 1. The first-order chi connectivity index (χ1) is 7.30. The van der Waals surface area contributed by atoms with E-state index in [-0.39, 0.29) is 5.75 Å². The monoisotopic (exact) mass is 273 g/mol. The summed E-state index contributed by atoms with van der Waals surface area (Å²) in [6.07, 6.45) is -1.00. The summed E-state index contributed by atoms with van der Waals surface area (Å²) in [6, 6.07) is -0.780. The second kappa shape index (κ2) is 5.19. The fourth-order valence-electron chi connectivity index (χ4n) is 1.42. The molecular formula is C6H11NO7S2. The van der Waals surface area contributed by atoms with Gasteiger partial charge in [0.25, 0.3) is 0 Å². The summed E-state index contributed by atoms with van der Waals surface area (Å²) in [6.45, 7) is -0.432. The zero-order valence-corrected chi connectivity index (χ0v) is 9.66. The summed E-state index contributed by atoms with van der Waals surface area (Å²) in [5.74, 6) is -1.84. The normalized spacial score (nSPS) is 30.1. The van der Waals surface area contributed by atoms with Crippen molar-refractivity contribution in [3.05, 3.63) is 0 Å². The summed E-state index contributed by atoms with van der Waals surface area (Å²) < 4.78 is 45.8. The van der Waals surface area contributed by atoms with Gasteiger partial charge in [0.1, 0.15) is 6.10 Å². The first-order valence-corrected chi connectivity index (χ1v) is 7.09. The van der Waals surface area contributed by atoms with Crippen molar-refractivity contribution in [1.29, 1.82) is 0 Å². The van der Waals surface area contributed by atoms with E-state index in [1.54, 1.807) is 0 Å². The number of hydrogen-bond donors (Lipinski definition) is 3. The highest BCUT2D eigenvalue weighted by atomic mass is 32.2. The molecule has 1 aliphatic rings. The molecule has 0 bridgehead atoms. The van der Waals surface area contributed by atoms with Gasteiger partial charge in [-0.3, -0.25) is 13.5 Å². The van der Waals surface area contributed by atoms with E-state index in [0.29, 0.717) is 0 Å². The third-order valence-electron chi connectivity index (χ3n) is 2.02. The maximum absolute atomic E-state index is 11.2. The van der Waals surface area contributed by atoms with Gasteiger partial charge < -0.3 is 10.4 Å². The molecule has 1 saturated heterocycles. The second-order valence-electron chi connectivity index (χ2n) is 3.31. The van der Waals surface area contributed by atoms with Crippen molar-refractivity contribution in [2.24, 2.45) is 0 Å². The largest absolute Gasteiger partial charge is 0.480 e. The Hall–Kier alpha value is -0.550. The third kappa shape index (κ3) is 4.14. The first-order valence-electron chi connectivity index (χ1n) is 4.24. The number of carboxylic acid groups (broad SMARTS) is 1. The number of carboxylic acids is 1. The molecule has 0 aliphatic carbocycles. The highest BCUT2D eigenvalue weighted by Crippen LogP contribution is 2.16. The molecule has 1 rings (SSSR count). The smallest absolute Gasteiger partial charge is 0.317 e. The van der Waals surface area contributed by atoms with Crippen molar-refractivity contribution < 1.29 is 31.3 Å². The number of carbonyl (C=O) groups is 1. The molecule has 0 spiro atoms. The van der Waals surface area contributed by atoms with E-state index >= 15 is 0 Å². The van der Waals surface area contributed by atoms with Crippen LogP contribution in [0.2, 0.25) is 0 Å². The van der Waals surface area contributed by atoms with Crippen LogP contribution in [0, 0.1) is 0 Å². The molecule has 0 aromatic heterocycles. The highest BCUT2D eigenvalue weighted by molar-refractivity contribution is 7.91. The molecule has 1 unspecified atom stereocenters. The van der Waals surface area contributed by atoms with E-state index in [1.165, 1.54) is 0 Å². The number of sulfone groups is 1. The van der Waals surface area contributed by atoms with Gasteiger partial charge in [-0.1, -0.05) is 0 Å². The van der Waals surface area contributed by atoms with Gasteiger partial charge in [0.15, 0.2) is 9.84 Å². The molecule has 0 amide bonds. The van der Waals surface area contributed by atoms with E-state index in [2.05, 4.69) is 9.50 Å². The maximum Gasteiger partial charge on any atom is 0.317 e. The summed E-state index contributed by atoms with van der Waals surface area (Å²) in [5.41, 5.74) is 0. The van der Waals surface area contributed by atoms with E-state index in [0.717, 1.165) is 0 Å². The molecule has 3 atom stereocenters. The Kier molecular flexibility index (Phi) is 4.38. The fraction of sp³-hybridized carbons (Fsp3) is 0.833. The molecule has 0 saturated carbocycles. The maximum atomic E-state index is 11.2. The Morgan fingerprint density at radius 2 is 2.12 bits per heavy atom. The average Bonchev–Trinajstić information content (AvgIpc) is 2.36. The molecule has 1 fully saturated rings. The average molecular weight is 273 g/mol. The van der Waals surface area contributed by atoms with Gasteiger partial charge in [0.2, 0.25) is 0 Å². The number of rotatable bonds is 5. The van der Waals surface area contributed by atoms with Gasteiger partial charge in [-0.25, -0.2) is 8.42 Å². The summed E-state index contributed by atoms with van der Waals surface area (Å²) >= 11 is -2.58. The highest BCUT2D eigenvalue weighted by Gasteiger charge is 2.39. The Bertz CT molecular complexity index is 392. The SMILES string of the molecule is O=C(O)CN[C@H]1CS(=O)(=O)C[C@H]1OS(=O)O. The van der Waals surface area contributed by atoms with E-state index in [1.807, 2.05) is 0 Å². The molecule has 1 aliphatic heterocycles. The quantitative estimate of drug-likeness (QED) is 0.489. The van der Waals surface area contributed by atoms with Crippen LogP contribution in [-0.4, -0.2) is 58.5 Å². The number of hydrogen-bond acceptors (Lipinski definition) is 6. The Morgan fingerprint density at radius 3 is 2.62 bits per heavy atom. The van der Waals surface area contributed by atoms with Crippen molar-refractivity contribution in [3.63, 3.8) is 0 Å². The summed E-state index contributed by atoms with van der Waals surface area (Å²) in [5, 5.41) is 10.9. The second-order valence-corrected chi connectivity index (χ2v) is 6.09. The van der Waals surface area contributed by atoms with Gasteiger partial charge in [-0.05, 0) is 0 Å². The summed E-state index contributed by atoms with van der Waals surface area (Å²) in [4.78, 5) is 10.3. The molecule has 94 valence electrons. The molecule has 0 aromatic rings. The van der Waals surface area contributed by atoms with Crippen LogP contribution in [0.5, 0.6) is 0 Å². The van der Waals surface area contributed by atoms with Crippen molar-refractivity contribution in [2.75, 3.05) is 18.1 Å². The third-order valence-corrected chi connectivity index (χ3v) is 4.14. The Morgan fingerprint density at radius 1 is 1.50 bits per heavy atom. The predicted octanol–water partition coefficient (Wildman–Crippen LogP) is -2.02. The van der Waals surface area contributed by atoms with Gasteiger partial charge in [0.05, 0.1) is 24.1 Å². The van der Waals surface area contributed by atoms with Crippen LogP contribution in [0.3, 0.4) is 0 Å². The minimum Gasteiger partial charge on any atom is -0.480 e. The molecule has 1 heterocycles. The zero-order chi connectivity index (χ0) is 12.3. The number of aliphatic carboxylic acids is 1. The van der Waals surface area contributed by atoms with Gasteiger partial charge >= 0.3 is 17.3 Å². The van der Waals surface area contributed by atoms with E-state index < -0.39 is 51.6 Å². The molecule has 8 nitrogen and oxygen atoms in total. The van der Waals surface area contributed by atoms with Crippen molar-refractivity contribution >= 4 is 27.2 Å². The van der Waals surface area contributed by atoms with Crippen LogP contribution in [0.4, 0.5) is 0 Å². The van der Waals surface area contributed by atoms with Crippen molar-refractivity contribution in [3.8, 4) is 0 Å². The lowest BCUT2D eigenvalue weighted by atomic mass is 10.2. The van der Waals surface area contributed by atoms with Crippen molar-refractivity contribution in [2.45, 2.75) is 12.1 Å². The van der Waals surface area contributed by atoms with Gasteiger partial charge in [0, 0.05) is 0 Å². The topological polar surface area (TPSA) is 130 Å². The lowest BCUT2D eigenvalue weighted by Crippen LogP contribution is -2.43. The first kappa shape index (κ1) is 13.5. The molecule has 16 heavy (non-hydrogen) atoms. The van der Waals surface area contributed by atoms with Crippen LogP contribution in [0.25, 0.3) is 0 Å².